The van der Waals surface area contributed by atoms with Gasteiger partial charge in [0.25, 0.3) is 0 Å². The van der Waals surface area contributed by atoms with Crippen molar-refractivity contribution in [2.75, 3.05) is 20.1 Å². The highest BCUT2D eigenvalue weighted by Crippen LogP contribution is 2.25. The van der Waals surface area contributed by atoms with Crippen LogP contribution in [0.1, 0.15) is 43.9 Å². The summed E-state index contributed by atoms with van der Waals surface area (Å²) in [4.78, 5) is 2.64. The zero-order chi connectivity index (χ0) is 13.8. The number of likely N-dealkylation sites (tertiary alicyclic amines) is 1. The van der Waals surface area contributed by atoms with E-state index in [0.29, 0.717) is 12.1 Å². The van der Waals surface area contributed by atoms with Crippen LogP contribution in [0, 0.1) is 12.8 Å². The van der Waals surface area contributed by atoms with Crippen molar-refractivity contribution >= 4 is 0 Å². The molecule has 0 aromatic heterocycles. The lowest BCUT2D eigenvalue weighted by Gasteiger charge is -2.39. The van der Waals surface area contributed by atoms with E-state index in [4.69, 9.17) is 0 Å². The first kappa shape index (κ1) is 14.5. The molecule has 19 heavy (non-hydrogen) atoms. The standard InChI is InChI=1S/C17H28N2/c1-13-5-7-16(8-6-13)17(18-4)15(3)19-11-9-14(2)10-12-19/h5-8,14-15,17-18H,9-12H2,1-4H3. The van der Waals surface area contributed by atoms with Crippen molar-refractivity contribution in [3.05, 3.63) is 35.4 Å². The Morgan fingerprint density at radius 3 is 2.26 bits per heavy atom. The number of benzene rings is 1. The van der Waals surface area contributed by atoms with Crippen LogP contribution < -0.4 is 5.32 Å². The van der Waals surface area contributed by atoms with Gasteiger partial charge >= 0.3 is 0 Å². The molecule has 2 unspecified atom stereocenters. The molecular weight excluding hydrogens is 232 g/mol. The van der Waals surface area contributed by atoms with E-state index in [-0.39, 0.29) is 0 Å². The molecule has 1 saturated heterocycles. The summed E-state index contributed by atoms with van der Waals surface area (Å²) in [6, 6.07) is 9.93. The molecule has 0 bridgehead atoms. The van der Waals surface area contributed by atoms with Gasteiger partial charge in [-0.05, 0) is 58.3 Å². The predicted octanol–water partition coefficient (Wildman–Crippen LogP) is 3.38. The van der Waals surface area contributed by atoms with Crippen molar-refractivity contribution in [2.45, 2.75) is 45.7 Å². The SMILES string of the molecule is CNC(c1ccc(C)cc1)C(C)N1CCC(C)CC1. The molecule has 1 aromatic carbocycles. The largest absolute Gasteiger partial charge is 0.312 e. The number of hydrogen-bond acceptors (Lipinski definition) is 2. The second-order valence-corrected chi connectivity index (χ2v) is 6.14. The summed E-state index contributed by atoms with van der Waals surface area (Å²) in [6.07, 6.45) is 2.68. The van der Waals surface area contributed by atoms with Gasteiger partial charge in [-0.3, -0.25) is 4.90 Å². The van der Waals surface area contributed by atoms with Crippen LogP contribution >= 0.6 is 0 Å². The third kappa shape index (κ3) is 3.58. The fourth-order valence-corrected chi connectivity index (χ4v) is 3.11. The summed E-state index contributed by atoms with van der Waals surface area (Å²) in [6.45, 7) is 9.36. The van der Waals surface area contributed by atoms with Crippen molar-refractivity contribution in [1.29, 1.82) is 0 Å². The van der Waals surface area contributed by atoms with E-state index >= 15 is 0 Å². The highest BCUT2D eigenvalue weighted by Gasteiger charge is 2.26. The molecule has 0 amide bonds. The average Bonchev–Trinajstić information content (AvgIpc) is 2.42. The van der Waals surface area contributed by atoms with Gasteiger partial charge in [0.1, 0.15) is 0 Å². The molecule has 1 aliphatic rings. The van der Waals surface area contributed by atoms with E-state index in [1.807, 2.05) is 0 Å². The minimum atomic E-state index is 0.425. The summed E-state index contributed by atoms with van der Waals surface area (Å²) in [7, 11) is 2.08. The monoisotopic (exact) mass is 260 g/mol. The molecule has 0 spiro atoms. The first-order valence-corrected chi connectivity index (χ1v) is 7.59. The van der Waals surface area contributed by atoms with Crippen molar-refractivity contribution in [1.82, 2.24) is 10.2 Å². The van der Waals surface area contributed by atoms with E-state index in [2.05, 4.69) is 62.3 Å². The Balaban J connectivity index is 2.06. The Kier molecular flexibility index (Phi) is 5.00. The van der Waals surface area contributed by atoms with Crippen LogP contribution in [0.4, 0.5) is 0 Å². The van der Waals surface area contributed by atoms with Crippen LogP contribution in [-0.2, 0) is 0 Å². The molecule has 2 heteroatoms. The molecule has 106 valence electrons. The molecule has 1 fully saturated rings. The summed E-state index contributed by atoms with van der Waals surface area (Å²) >= 11 is 0. The first-order chi connectivity index (χ1) is 9.11. The van der Waals surface area contributed by atoms with Crippen LogP contribution in [0.2, 0.25) is 0 Å². The lowest BCUT2D eigenvalue weighted by Crippen LogP contribution is -2.45. The third-order valence-electron chi connectivity index (χ3n) is 4.62. The molecular formula is C17H28N2. The number of aryl methyl sites for hydroxylation is 1. The van der Waals surface area contributed by atoms with Crippen molar-refractivity contribution in [3.8, 4) is 0 Å². The number of hydrogen-bond donors (Lipinski definition) is 1. The quantitative estimate of drug-likeness (QED) is 0.893. The Labute approximate surface area is 118 Å². The van der Waals surface area contributed by atoms with E-state index in [9.17, 15) is 0 Å². The number of nitrogens with zero attached hydrogens (tertiary/aromatic N) is 1. The minimum Gasteiger partial charge on any atom is -0.312 e. The Morgan fingerprint density at radius 2 is 1.74 bits per heavy atom. The van der Waals surface area contributed by atoms with Crippen LogP contribution in [0.15, 0.2) is 24.3 Å². The van der Waals surface area contributed by atoms with E-state index in [1.165, 1.54) is 37.1 Å². The summed E-state index contributed by atoms with van der Waals surface area (Å²) < 4.78 is 0. The van der Waals surface area contributed by atoms with Crippen molar-refractivity contribution in [2.24, 2.45) is 5.92 Å². The molecule has 1 aromatic rings. The van der Waals surface area contributed by atoms with Gasteiger partial charge in [0, 0.05) is 12.1 Å². The van der Waals surface area contributed by atoms with Gasteiger partial charge in [0.05, 0.1) is 0 Å². The second kappa shape index (κ2) is 6.53. The number of likely N-dealkylation sites (N-methyl/N-ethyl adjacent to an activating group) is 1. The molecule has 0 saturated carbocycles. The molecule has 0 aliphatic carbocycles. The maximum atomic E-state index is 3.50. The van der Waals surface area contributed by atoms with Crippen LogP contribution in [0.25, 0.3) is 0 Å². The molecule has 1 heterocycles. The van der Waals surface area contributed by atoms with Gasteiger partial charge in [-0.2, -0.15) is 0 Å². The van der Waals surface area contributed by atoms with E-state index < -0.39 is 0 Å². The lowest BCUT2D eigenvalue weighted by atomic mass is 9.93. The fraction of sp³-hybridized carbons (Fsp3) is 0.647. The molecule has 0 radical (unpaired) electrons. The number of nitrogens with one attached hydrogen (secondary N) is 1. The predicted molar refractivity (Wildman–Crippen MR) is 82.4 cm³/mol. The first-order valence-electron chi connectivity index (χ1n) is 7.59. The minimum absolute atomic E-state index is 0.425. The fourth-order valence-electron chi connectivity index (χ4n) is 3.11. The van der Waals surface area contributed by atoms with Crippen LogP contribution in [0.5, 0.6) is 0 Å². The van der Waals surface area contributed by atoms with Gasteiger partial charge in [-0.15, -0.1) is 0 Å². The zero-order valence-electron chi connectivity index (χ0n) is 12.8. The Hall–Kier alpha value is -0.860. The van der Waals surface area contributed by atoms with Crippen molar-refractivity contribution in [3.63, 3.8) is 0 Å². The smallest absolute Gasteiger partial charge is 0.0473 e. The second-order valence-electron chi connectivity index (χ2n) is 6.14. The molecule has 2 nitrogen and oxygen atoms in total. The van der Waals surface area contributed by atoms with E-state index in [0.717, 1.165) is 5.92 Å². The molecule has 1 N–H and O–H groups in total. The van der Waals surface area contributed by atoms with Gasteiger partial charge in [-0.1, -0.05) is 36.8 Å². The lowest BCUT2D eigenvalue weighted by molar-refractivity contribution is 0.122. The Bertz CT molecular complexity index is 377. The maximum absolute atomic E-state index is 3.50. The summed E-state index contributed by atoms with van der Waals surface area (Å²) in [5.74, 6) is 0.899. The molecule has 2 atom stereocenters. The van der Waals surface area contributed by atoms with Crippen LogP contribution in [-0.4, -0.2) is 31.1 Å². The van der Waals surface area contributed by atoms with Gasteiger partial charge in [0.2, 0.25) is 0 Å². The molecule has 1 aliphatic heterocycles. The zero-order valence-corrected chi connectivity index (χ0v) is 12.8. The van der Waals surface area contributed by atoms with Gasteiger partial charge in [-0.25, -0.2) is 0 Å². The average molecular weight is 260 g/mol. The van der Waals surface area contributed by atoms with Gasteiger partial charge < -0.3 is 5.32 Å². The summed E-state index contributed by atoms with van der Waals surface area (Å²) in [5.41, 5.74) is 2.73. The Morgan fingerprint density at radius 1 is 1.16 bits per heavy atom. The van der Waals surface area contributed by atoms with Crippen molar-refractivity contribution < 1.29 is 0 Å². The normalized spacial score (nSPS) is 21.3. The van der Waals surface area contributed by atoms with Crippen LogP contribution in [0.3, 0.4) is 0 Å². The summed E-state index contributed by atoms with van der Waals surface area (Å²) in [5, 5.41) is 3.50. The highest BCUT2D eigenvalue weighted by atomic mass is 15.2. The number of piperidine rings is 1. The third-order valence-corrected chi connectivity index (χ3v) is 4.62. The maximum Gasteiger partial charge on any atom is 0.0473 e. The highest BCUT2D eigenvalue weighted by molar-refractivity contribution is 5.25. The number of rotatable bonds is 4. The topological polar surface area (TPSA) is 15.3 Å². The van der Waals surface area contributed by atoms with E-state index in [1.54, 1.807) is 0 Å². The van der Waals surface area contributed by atoms with Gasteiger partial charge in [0.15, 0.2) is 0 Å². The molecule has 2 rings (SSSR count).